The number of hydrogen-bond acceptors (Lipinski definition) is 1. The summed E-state index contributed by atoms with van der Waals surface area (Å²) < 4.78 is 5.98. The van der Waals surface area contributed by atoms with E-state index in [1.54, 1.807) is 0 Å². The number of hydrogen-bond donors (Lipinski definition) is 0. The van der Waals surface area contributed by atoms with E-state index < -0.39 is 0 Å². The SMILES string of the molecule is CCC(CC)(CBr)COCC1CCCCC1. The number of ether oxygens (including phenoxy) is 1. The van der Waals surface area contributed by atoms with Crippen LogP contribution >= 0.6 is 15.9 Å². The van der Waals surface area contributed by atoms with E-state index in [0.717, 1.165) is 24.5 Å². The third kappa shape index (κ3) is 4.37. The van der Waals surface area contributed by atoms with Crippen LogP contribution in [0.3, 0.4) is 0 Å². The molecular formula is C14H27BrO. The Morgan fingerprint density at radius 1 is 1.12 bits per heavy atom. The van der Waals surface area contributed by atoms with Crippen LogP contribution < -0.4 is 0 Å². The van der Waals surface area contributed by atoms with Crippen LogP contribution in [0.1, 0.15) is 58.8 Å². The Morgan fingerprint density at radius 2 is 1.75 bits per heavy atom. The minimum atomic E-state index is 0.370. The highest BCUT2D eigenvalue weighted by atomic mass is 79.9. The van der Waals surface area contributed by atoms with Gasteiger partial charge in [0.2, 0.25) is 0 Å². The second-order valence-electron chi connectivity index (χ2n) is 5.36. The van der Waals surface area contributed by atoms with Gasteiger partial charge < -0.3 is 4.74 Å². The van der Waals surface area contributed by atoms with Crippen LogP contribution in [0.15, 0.2) is 0 Å². The second kappa shape index (κ2) is 7.71. The molecule has 0 atom stereocenters. The molecule has 0 spiro atoms. The van der Waals surface area contributed by atoms with Crippen molar-refractivity contribution < 1.29 is 4.74 Å². The summed E-state index contributed by atoms with van der Waals surface area (Å²) in [6.45, 7) is 6.47. The molecule has 0 aromatic heterocycles. The molecule has 1 nitrogen and oxygen atoms in total. The average molecular weight is 291 g/mol. The van der Waals surface area contributed by atoms with Crippen molar-refractivity contribution in [2.45, 2.75) is 58.8 Å². The van der Waals surface area contributed by atoms with E-state index >= 15 is 0 Å². The molecule has 0 amide bonds. The standard InChI is InChI=1S/C14H27BrO/c1-3-14(4-2,11-15)12-16-10-13-8-6-5-7-9-13/h13H,3-12H2,1-2H3. The lowest BCUT2D eigenvalue weighted by molar-refractivity contribution is 0.0242. The lowest BCUT2D eigenvalue weighted by Crippen LogP contribution is -2.28. The van der Waals surface area contributed by atoms with Crippen LogP contribution in [0.5, 0.6) is 0 Å². The van der Waals surface area contributed by atoms with Crippen molar-refractivity contribution in [2.75, 3.05) is 18.5 Å². The summed E-state index contributed by atoms with van der Waals surface area (Å²) in [5.41, 5.74) is 0.370. The normalized spacial score (nSPS) is 18.9. The number of rotatable bonds is 7. The van der Waals surface area contributed by atoms with Gasteiger partial charge in [0.25, 0.3) is 0 Å². The summed E-state index contributed by atoms with van der Waals surface area (Å²) >= 11 is 3.64. The van der Waals surface area contributed by atoms with Gasteiger partial charge in [-0.3, -0.25) is 0 Å². The van der Waals surface area contributed by atoms with E-state index in [-0.39, 0.29) is 0 Å². The van der Waals surface area contributed by atoms with Crippen molar-refractivity contribution in [3.05, 3.63) is 0 Å². The summed E-state index contributed by atoms with van der Waals surface area (Å²) in [4.78, 5) is 0. The predicted molar refractivity (Wildman–Crippen MR) is 74.2 cm³/mol. The third-order valence-corrected chi connectivity index (χ3v) is 5.46. The molecular weight excluding hydrogens is 264 g/mol. The minimum Gasteiger partial charge on any atom is -0.381 e. The predicted octanol–water partition coefficient (Wildman–Crippen LogP) is 4.78. The molecule has 0 bridgehead atoms. The van der Waals surface area contributed by atoms with Gasteiger partial charge in [-0.25, -0.2) is 0 Å². The second-order valence-corrected chi connectivity index (χ2v) is 5.92. The minimum absolute atomic E-state index is 0.370. The number of alkyl halides is 1. The van der Waals surface area contributed by atoms with Gasteiger partial charge in [0.05, 0.1) is 6.61 Å². The molecule has 0 unspecified atom stereocenters. The molecule has 1 rings (SSSR count). The Morgan fingerprint density at radius 3 is 2.25 bits per heavy atom. The summed E-state index contributed by atoms with van der Waals surface area (Å²) in [7, 11) is 0. The maximum atomic E-state index is 5.98. The zero-order chi connectivity index (χ0) is 11.9. The molecule has 1 fully saturated rings. The zero-order valence-corrected chi connectivity index (χ0v) is 12.5. The first-order valence-corrected chi connectivity index (χ1v) is 8.02. The molecule has 16 heavy (non-hydrogen) atoms. The maximum absolute atomic E-state index is 5.98. The Labute approximate surface area is 109 Å². The molecule has 0 aromatic rings. The van der Waals surface area contributed by atoms with Crippen molar-refractivity contribution in [1.82, 2.24) is 0 Å². The Balaban J connectivity index is 2.21. The lowest BCUT2D eigenvalue weighted by Gasteiger charge is -2.30. The van der Waals surface area contributed by atoms with Crippen molar-refractivity contribution >= 4 is 15.9 Å². The Hall–Kier alpha value is 0.440. The van der Waals surface area contributed by atoms with Gasteiger partial charge in [0.15, 0.2) is 0 Å². The molecule has 0 saturated heterocycles. The van der Waals surface area contributed by atoms with Crippen molar-refractivity contribution in [1.29, 1.82) is 0 Å². The molecule has 1 aliphatic rings. The topological polar surface area (TPSA) is 9.23 Å². The monoisotopic (exact) mass is 290 g/mol. The lowest BCUT2D eigenvalue weighted by atomic mass is 9.85. The molecule has 1 saturated carbocycles. The first-order valence-electron chi connectivity index (χ1n) is 6.90. The van der Waals surface area contributed by atoms with Gasteiger partial charge in [-0.05, 0) is 31.6 Å². The van der Waals surface area contributed by atoms with Crippen molar-refractivity contribution in [2.24, 2.45) is 11.3 Å². The quantitative estimate of drug-likeness (QED) is 0.613. The fraction of sp³-hybridized carbons (Fsp3) is 1.00. The highest BCUT2D eigenvalue weighted by molar-refractivity contribution is 9.09. The van der Waals surface area contributed by atoms with E-state index in [9.17, 15) is 0 Å². The summed E-state index contributed by atoms with van der Waals surface area (Å²) in [5, 5.41) is 1.07. The zero-order valence-electron chi connectivity index (χ0n) is 10.9. The molecule has 0 N–H and O–H groups in total. The van der Waals surface area contributed by atoms with Crippen LogP contribution in [0, 0.1) is 11.3 Å². The molecule has 2 heteroatoms. The highest BCUT2D eigenvalue weighted by Gasteiger charge is 2.25. The van der Waals surface area contributed by atoms with Gasteiger partial charge in [-0.2, -0.15) is 0 Å². The van der Waals surface area contributed by atoms with E-state index in [4.69, 9.17) is 4.74 Å². The van der Waals surface area contributed by atoms with E-state index in [0.29, 0.717) is 5.41 Å². The summed E-state index contributed by atoms with van der Waals surface area (Å²) in [5.74, 6) is 0.843. The van der Waals surface area contributed by atoms with E-state index in [1.165, 1.54) is 44.9 Å². The fourth-order valence-corrected chi connectivity index (χ4v) is 3.43. The molecule has 0 heterocycles. The first-order chi connectivity index (χ1) is 7.76. The van der Waals surface area contributed by atoms with Gasteiger partial charge in [0, 0.05) is 17.4 Å². The average Bonchev–Trinajstić information content (AvgIpc) is 2.37. The van der Waals surface area contributed by atoms with Crippen LogP contribution in [0.4, 0.5) is 0 Å². The van der Waals surface area contributed by atoms with Gasteiger partial charge >= 0.3 is 0 Å². The fourth-order valence-electron chi connectivity index (χ4n) is 2.48. The highest BCUT2D eigenvalue weighted by Crippen LogP contribution is 2.30. The molecule has 96 valence electrons. The van der Waals surface area contributed by atoms with Crippen LogP contribution in [-0.2, 0) is 4.74 Å². The van der Waals surface area contributed by atoms with Crippen LogP contribution in [0.2, 0.25) is 0 Å². The smallest absolute Gasteiger partial charge is 0.0530 e. The molecule has 0 aromatic carbocycles. The summed E-state index contributed by atoms with van der Waals surface area (Å²) in [6.07, 6.45) is 9.46. The van der Waals surface area contributed by atoms with Crippen LogP contribution in [-0.4, -0.2) is 18.5 Å². The van der Waals surface area contributed by atoms with Crippen LogP contribution in [0.25, 0.3) is 0 Å². The van der Waals surface area contributed by atoms with E-state index in [1.807, 2.05) is 0 Å². The van der Waals surface area contributed by atoms with Crippen molar-refractivity contribution in [3.8, 4) is 0 Å². The summed E-state index contributed by atoms with van der Waals surface area (Å²) in [6, 6.07) is 0. The molecule has 1 aliphatic carbocycles. The van der Waals surface area contributed by atoms with Gasteiger partial charge in [-0.15, -0.1) is 0 Å². The Bertz CT molecular complexity index is 163. The van der Waals surface area contributed by atoms with E-state index in [2.05, 4.69) is 29.8 Å². The molecule has 0 radical (unpaired) electrons. The number of halogens is 1. The first kappa shape index (κ1) is 14.5. The van der Waals surface area contributed by atoms with Gasteiger partial charge in [0.1, 0.15) is 0 Å². The largest absolute Gasteiger partial charge is 0.381 e. The van der Waals surface area contributed by atoms with Gasteiger partial charge in [-0.1, -0.05) is 49.0 Å². The van der Waals surface area contributed by atoms with Crippen molar-refractivity contribution in [3.63, 3.8) is 0 Å². The Kier molecular flexibility index (Phi) is 6.98. The maximum Gasteiger partial charge on any atom is 0.0530 e. The third-order valence-electron chi connectivity index (χ3n) is 4.27. The molecule has 0 aliphatic heterocycles.